The number of hydrogen-bond acceptors (Lipinski definition) is 5. The van der Waals surface area contributed by atoms with Crippen LogP contribution in [0.4, 0.5) is 10.5 Å². The summed E-state index contributed by atoms with van der Waals surface area (Å²) in [5.41, 5.74) is 5.80. The average Bonchev–Trinajstić information content (AvgIpc) is 3.14. The van der Waals surface area contributed by atoms with Gasteiger partial charge in [0.1, 0.15) is 18.4 Å². The number of fused-ring (bicyclic) bond motifs is 3. The van der Waals surface area contributed by atoms with E-state index >= 15 is 0 Å². The summed E-state index contributed by atoms with van der Waals surface area (Å²) in [6.07, 6.45) is -1.50. The van der Waals surface area contributed by atoms with E-state index in [2.05, 4.69) is 10.6 Å². The molecule has 1 aliphatic rings. The molecule has 0 spiro atoms. The second kappa shape index (κ2) is 9.89. The summed E-state index contributed by atoms with van der Waals surface area (Å²) in [4.78, 5) is 36.8. The van der Waals surface area contributed by atoms with Gasteiger partial charge in [-0.05, 0) is 59.4 Å². The monoisotopic (exact) mass is 474 g/mol. The second-order valence-corrected chi connectivity index (χ2v) is 8.56. The predicted octanol–water partition coefficient (Wildman–Crippen LogP) is 4.33. The topological polar surface area (TPSA) is 125 Å². The predicted molar refractivity (Wildman–Crippen MR) is 130 cm³/mol. The van der Waals surface area contributed by atoms with Crippen LogP contribution in [0, 0.1) is 13.8 Å². The van der Waals surface area contributed by atoms with Crippen molar-refractivity contribution >= 4 is 23.7 Å². The van der Waals surface area contributed by atoms with Crippen molar-refractivity contribution in [2.45, 2.75) is 32.2 Å². The molecule has 4 rings (SSSR count). The van der Waals surface area contributed by atoms with Crippen molar-refractivity contribution in [2.24, 2.45) is 0 Å². The summed E-state index contributed by atoms with van der Waals surface area (Å²) < 4.78 is 5.45. The molecule has 0 saturated heterocycles. The Morgan fingerprint density at radius 3 is 2.14 bits per heavy atom. The van der Waals surface area contributed by atoms with Gasteiger partial charge in [0, 0.05) is 11.6 Å². The van der Waals surface area contributed by atoms with Crippen LogP contribution >= 0.6 is 0 Å². The van der Waals surface area contributed by atoms with Crippen LogP contribution < -0.4 is 10.6 Å². The van der Waals surface area contributed by atoms with Gasteiger partial charge >= 0.3 is 12.1 Å². The van der Waals surface area contributed by atoms with E-state index in [-0.39, 0.29) is 18.3 Å². The summed E-state index contributed by atoms with van der Waals surface area (Å²) in [6.45, 7) is 3.41. The first-order valence-electron chi connectivity index (χ1n) is 11.2. The molecule has 2 amide bonds. The zero-order valence-electron chi connectivity index (χ0n) is 19.4. The Balaban J connectivity index is 1.45. The minimum absolute atomic E-state index is 0.0392. The number of carboxylic acids is 1. The molecule has 0 fully saturated rings. The number of alkyl carbamates (subject to hydrolysis) is 1. The number of phenolic OH excluding ortho intramolecular Hbond substituents is 1. The first kappa shape index (κ1) is 23.8. The van der Waals surface area contributed by atoms with Crippen LogP contribution in [0.1, 0.15) is 34.6 Å². The van der Waals surface area contributed by atoms with Gasteiger partial charge in [-0.15, -0.1) is 0 Å². The SMILES string of the molecule is Cc1cc(NC(=O)C(CC(=O)O)NC(=O)OCC2c3ccccc3-c3ccccc32)c(C)cc1O. The molecule has 0 aliphatic heterocycles. The Labute approximate surface area is 202 Å². The molecular formula is C27H26N2O6. The van der Waals surface area contributed by atoms with Gasteiger partial charge in [-0.1, -0.05) is 48.5 Å². The summed E-state index contributed by atoms with van der Waals surface area (Å²) in [5, 5.41) is 24.1. The van der Waals surface area contributed by atoms with Gasteiger partial charge in [-0.25, -0.2) is 4.79 Å². The number of phenols is 1. The first-order valence-corrected chi connectivity index (χ1v) is 11.2. The van der Waals surface area contributed by atoms with Crippen LogP contribution in [-0.2, 0) is 14.3 Å². The van der Waals surface area contributed by atoms with Crippen molar-refractivity contribution in [3.05, 3.63) is 82.9 Å². The van der Waals surface area contributed by atoms with Crippen LogP contribution in [0.25, 0.3) is 11.1 Å². The van der Waals surface area contributed by atoms with E-state index < -0.39 is 30.4 Å². The summed E-state index contributed by atoms with van der Waals surface area (Å²) in [6, 6.07) is 17.5. The van der Waals surface area contributed by atoms with Gasteiger partial charge in [0.05, 0.1) is 6.42 Å². The number of hydrogen-bond donors (Lipinski definition) is 4. The summed E-state index contributed by atoms with van der Waals surface area (Å²) in [7, 11) is 0. The minimum atomic E-state index is -1.35. The van der Waals surface area contributed by atoms with Gasteiger partial charge < -0.3 is 25.6 Å². The Bertz CT molecular complexity index is 1260. The molecule has 180 valence electrons. The quantitative estimate of drug-likeness (QED) is 0.378. The molecule has 3 aromatic carbocycles. The molecule has 0 saturated carbocycles. The van der Waals surface area contributed by atoms with Crippen LogP contribution in [0.2, 0.25) is 0 Å². The van der Waals surface area contributed by atoms with Gasteiger partial charge in [0.15, 0.2) is 0 Å². The fraction of sp³-hybridized carbons (Fsp3) is 0.222. The van der Waals surface area contributed by atoms with Crippen molar-refractivity contribution in [1.82, 2.24) is 5.32 Å². The maximum Gasteiger partial charge on any atom is 0.407 e. The van der Waals surface area contributed by atoms with Crippen LogP contribution in [0.3, 0.4) is 0 Å². The Kier molecular flexibility index (Phi) is 6.73. The van der Waals surface area contributed by atoms with Gasteiger partial charge in [0.25, 0.3) is 0 Å². The number of carboxylic acid groups (broad SMARTS) is 1. The van der Waals surface area contributed by atoms with Crippen LogP contribution in [0.5, 0.6) is 5.75 Å². The van der Waals surface area contributed by atoms with Crippen LogP contribution in [0.15, 0.2) is 60.7 Å². The molecule has 1 aliphatic carbocycles. The number of aromatic hydroxyl groups is 1. The average molecular weight is 475 g/mol. The summed E-state index contributed by atoms with van der Waals surface area (Å²) >= 11 is 0. The van der Waals surface area contributed by atoms with Crippen molar-refractivity contribution in [3.63, 3.8) is 0 Å². The van der Waals surface area contributed by atoms with E-state index in [0.29, 0.717) is 16.8 Å². The lowest BCUT2D eigenvalue weighted by molar-refractivity contribution is -0.139. The van der Waals surface area contributed by atoms with Crippen LogP contribution in [-0.4, -0.2) is 40.8 Å². The third kappa shape index (κ3) is 5.11. The van der Waals surface area contributed by atoms with Crippen molar-refractivity contribution in [2.75, 3.05) is 11.9 Å². The zero-order valence-corrected chi connectivity index (χ0v) is 19.4. The lowest BCUT2D eigenvalue weighted by Crippen LogP contribution is -2.45. The van der Waals surface area contributed by atoms with Crippen molar-refractivity contribution < 1.29 is 29.3 Å². The van der Waals surface area contributed by atoms with E-state index in [4.69, 9.17) is 4.74 Å². The highest BCUT2D eigenvalue weighted by molar-refractivity contribution is 5.99. The molecule has 0 radical (unpaired) electrons. The number of carbonyl (C=O) groups excluding carboxylic acids is 2. The number of amides is 2. The Morgan fingerprint density at radius 2 is 1.54 bits per heavy atom. The van der Waals surface area contributed by atoms with E-state index in [0.717, 1.165) is 22.3 Å². The third-order valence-corrected chi connectivity index (χ3v) is 6.13. The number of aliphatic carboxylic acids is 1. The smallest absolute Gasteiger partial charge is 0.407 e. The molecule has 8 heteroatoms. The fourth-order valence-corrected chi connectivity index (χ4v) is 4.32. The van der Waals surface area contributed by atoms with Gasteiger partial charge in [0.2, 0.25) is 5.91 Å². The molecule has 0 bridgehead atoms. The molecule has 1 atom stereocenters. The highest BCUT2D eigenvalue weighted by atomic mass is 16.5. The van der Waals surface area contributed by atoms with Gasteiger partial charge in [-0.2, -0.15) is 0 Å². The number of aryl methyl sites for hydroxylation is 2. The molecule has 3 aromatic rings. The standard InChI is InChI=1S/C27H26N2O6/c1-15-12-24(30)16(2)11-22(15)28-26(33)23(13-25(31)32)29-27(34)35-14-21-19-9-5-3-7-17(19)18-8-4-6-10-20(18)21/h3-12,21,23,30H,13-14H2,1-2H3,(H,28,33)(H,29,34)(H,31,32). The fourth-order valence-electron chi connectivity index (χ4n) is 4.32. The maximum absolute atomic E-state index is 12.8. The molecule has 1 unspecified atom stereocenters. The molecule has 35 heavy (non-hydrogen) atoms. The number of anilines is 1. The van der Waals surface area contributed by atoms with E-state index in [1.807, 2.05) is 48.5 Å². The van der Waals surface area contributed by atoms with Crippen molar-refractivity contribution in [3.8, 4) is 16.9 Å². The third-order valence-electron chi connectivity index (χ3n) is 6.13. The van der Waals surface area contributed by atoms with E-state index in [9.17, 15) is 24.6 Å². The largest absolute Gasteiger partial charge is 0.508 e. The Morgan fingerprint density at radius 1 is 0.943 bits per heavy atom. The van der Waals surface area contributed by atoms with Gasteiger partial charge in [-0.3, -0.25) is 9.59 Å². The number of carbonyl (C=O) groups is 3. The maximum atomic E-state index is 12.8. The molecule has 4 N–H and O–H groups in total. The normalized spacial score (nSPS) is 12.9. The first-order chi connectivity index (χ1) is 16.7. The van der Waals surface area contributed by atoms with Crippen molar-refractivity contribution in [1.29, 1.82) is 0 Å². The molecule has 8 nitrogen and oxygen atoms in total. The minimum Gasteiger partial charge on any atom is -0.508 e. The molecule has 0 heterocycles. The molecular weight excluding hydrogens is 448 g/mol. The lowest BCUT2D eigenvalue weighted by Gasteiger charge is -2.19. The lowest BCUT2D eigenvalue weighted by atomic mass is 9.98. The Hall–Kier alpha value is -4.33. The number of benzene rings is 3. The van der Waals surface area contributed by atoms with E-state index in [1.165, 1.54) is 6.07 Å². The molecule has 0 aromatic heterocycles. The number of ether oxygens (including phenoxy) is 1. The zero-order chi connectivity index (χ0) is 25.1. The number of nitrogens with one attached hydrogen (secondary N) is 2. The highest BCUT2D eigenvalue weighted by Gasteiger charge is 2.30. The second-order valence-electron chi connectivity index (χ2n) is 8.56. The summed E-state index contributed by atoms with van der Waals surface area (Å²) in [5.74, 6) is -2.03. The van der Waals surface area contributed by atoms with E-state index in [1.54, 1.807) is 19.9 Å². The number of rotatable bonds is 7. The highest BCUT2D eigenvalue weighted by Crippen LogP contribution is 2.44.